The van der Waals surface area contributed by atoms with E-state index in [1.54, 1.807) is 24.6 Å². The molecular formula is C28H33ClFN5O2. The van der Waals surface area contributed by atoms with E-state index in [0.717, 1.165) is 54.6 Å². The fourth-order valence-electron chi connectivity index (χ4n) is 5.27. The highest BCUT2D eigenvalue weighted by Gasteiger charge is 2.33. The molecule has 0 radical (unpaired) electrons. The van der Waals surface area contributed by atoms with Crippen LogP contribution in [0.1, 0.15) is 72.4 Å². The van der Waals surface area contributed by atoms with Gasteiger partial charge in [-0.2, -0.15) is 0 Å². The van der Waals surface area contributed by atoms with Crippen LogP contribution < -0.4 is 21.1 Å². The van der Waals surface area contributed by atoms with Crippen LogP contribution >= 0.6 is 11.6 Å². The zero-order chi connectivity index (χ0) is 26.4. The number of hydrogen-bond acceptors (Lipinski definition) is 5. The zero-order valence-corrected chi connectivity index (χ0v) is 22.5. The van der Waals surface area contributed by atoms with Gasteiger partial charge in [-0.1, -0.05) is 17.7 Å². The highest BCUT2D eigenvalue weighted by molar-refractivity contribution is 6.30. The number of carbonyl (C=O) groups excluding carboxylic acids is 1. The average molecular weight is 526 g/mol. The molecule has 2 aromatic heterocycles. The standard InChI is InChI=1S/C28H33ClFN5O2/c1-15-9-11-35(12-10-31-15)25-20-13-16(2)32-24(18-5-6-18)26(20)34(4)28(37)23(25)27(36)33-17(3)19-7-8-22(30)21(29)14-19/h7-8,13-15,17-18,31H,5-6,9-12H2,1-4H3,(H,33,36)/t15-,17-/m0/s1. The molecule has 1 aliphatic heterocycles. The molecule has 9 heteroatoms. The minimum atomic E-state index is -0.519. The molecule has 1 aromatic carbocycles. The summed E-state index contributed by atoms with van der Waals surface area (Å²) in [4.78, 5) is 34.7. The fourth-order valence-corrected chi connectivity index (χ4v) is 5.46. The molecule has 2 fully saturated rings. The Hall–Kier alpha value is -2.97. The minimum absolute atomic E-state index is 0.0114. The van der Waals surface area contributed by atoms with Crippen LogP contribution in [-0.2, 0) is 7.05 Å². The van der Waals surface area contributed by atoms with Crippen molar-refractivity contribution in [3.8, 4) is 0 Å². The van der Waals surface area contributed by atoms with Gasteiger partial charge in [-0.25, -0.2) is 4.39 Å². The van der Waals surface area contributed by atoms with E-state index in [-0.39, 0.29) is 16.1 Å². The Morgan fingerprint density at radius 1 is 1.24 bits per heavy atom. The maximum atomic E-state index is 13.9. The summed E-state index contributed by atoms with van der Waals surface area (Å²) in [5.41, 5.74) is 3.73. The molecule has 0 spiro atoms. The van der Waals surface area contributed by atoms with Crippen LogP contribution in [0, 0.1) is 12.7 Å². The minimum Gasteiger partial charge on any atom is -0.369 e. The Balaban J connectivity index is 1.66. The maximum Gasteiger partial charge on any atom is 0.265 e. The first-order valence-electron chi connectivity index (χ1n) is 12.9. The average Bonchev–Trinajstić information content (AvgIpc) is 3.71. The highest BCUT2D eigenvalue weighted by Crippen LogP contribution is 2.43. The van der Waals surface area contributed by atoms with E-state index in [9.17, 15) is 14.0 Å². The highest BCUT2D eigenvalue weighted by atomic mass is 35.5. The van der Waals surface area contributed by atoms with E-state index in [2.05, 4.69) is 22.5 Å². The molecule has 2 atom stereocenters. The number of carbonyl (C=O) groups is 1. The van der Waals surface area contributed by atoms with Gasteiger partial charge in [0.25, 0.3) is 11.5 Å². The van der Waals surface area contributed by atoms with E-state index in [4.69, 9.17) is 16.6 Å². The van der Waals surface area contributed by atoms with Gasteiger partial charge in [0.1, 0.15) is 11.4 Å². The molecule has 3 aromatic rings. The van der Waals surface area contributed by atoms with Crippen LogP contribution in [0.4, 0.5) is 10.1 Å². The summed E-state index contributed by atoms with van der Waals surface area (Å²) in [7, 11) is 1.73. The number of fused-ring (bicyclic) bond motifs is 1. The van der Waals surface area contributed by atoms with Crippen LogP contribution in [-0.4, -0.2) is 41.1 Å². The van der Waals surface area contributed by atoms with E-state index >= 15 is 0 Å². The number of pyridine rings is 2. The Kier molecular flexibility index (Phi) is 6.98. The third kappa shape index (κ3) is 4.97. The summed E-state index contributed by atoms with van der Waals surface area (Å²) in [5, 5.41) is 7.34. The molecule has 7 nitrogen and oxygen atoms in total. The van der Waals surface area contributed by atoms with Crippen LogP contribution in [0.3, 0.4) is 0 Å². The Bertz CT molecular complexity index is 1430. The summed E-state index contributed by atoms with van der Waals surface area (Å²) < 4.78 is 15.3. The molecule has 1 amide bonds. The second-order valence-corrected chi connectivity index (χ2v) is 10.8. The molecule has 37 heavy (non-hydrogen) atoms. The number of amides is 1. The first-order valence-corrected chi connectivity index (χ1v) is 13.3. The van der Waals surface area contributed by atoms with Crippen LogP contribution in [0.5, 0.6) is 0 Å². The summed E-state index contributed by atoms with van der Waals surface area (Å²) in [6.07, 6.45) is 3.00. The number of benzene rings is 1. The molecule has 1 aliphatic carbocycles. The SMILES string of the molecule is Cc1cc2c(N3CCN[C@@H](C)CC3)c(C(=O)N[C@@H](C)c3ccc(F)c(Cl)c3)c(=O)n(C)c2c(C2CC2)n1. The number of nitrogens with one attached hydrogen (secondary N) is 2. The fraction of sp³-hybridized carbons (Fsp3) is 0.464. The van der Waals surface area contributed by atoms with Crippen LogP contribution in [0.25, 0.3) is 10.9 Å². The first-order chi connectivity index (χ1) is 17.7. The molecule has 2 N–H and O–H groups in total. The number of aromatic nitrogens is 2. The van der Waals surface area contributed by atoms with Gasteiger partial charge < -0.3 is 20.1 Å². The third-order valence-corrected chi connectivity index (χ3v) is 7.79. The van der Waals surface area contributed by atoms with E-state index < -0.39 is 17.8 Å². The Labute approximate surface area is 221 Å². The number of hydrogen-bond donors (Lipinski definition) is 2. The number of anilines is 1. The lowest BCUT2D eigenvalue weighted by Gasteiger charge is -2.28. The monoisotopic (exact) mass is 525 g/mol. The lowest BCUT2D eigenvalue weighted by molar-refractivity contribution is 0.0938. The quantitative estimate of drug-likeness (QED) is 0.509. The normalized spacial score (nSPS) is 19.1. The van der Waals surface area contributed by atoms with Crippen molar-refractivity contribution in [3.05, 3.63) is 68.0 Å². The smallest absolute Gasteiger partial charge is 0.265 e. The molecule has 196 valence electrons. The van der Waals surface area contributed by atoms with Gasteiger partial charge in [0.05, 0.1) is 28.0 Å². The van der Waals surface area contributed by atoms with E-state index in [0.29, 0.717) is 29.8 Å². The van der Waals surface area contributed by atoms with Crippen molar-refractivity contribution in [3.63, 3.8) is 0 Å². The van der Waals surface area contributed by atoms with Crippen LogP contribution in [0.2, 0.25) is 5.02 Å². The van der Waals surface area contributed by atoms with E-state index in [1.165, 1.54) is 12.1 Å². The van der Waals surface area contributed by atoms with Gasteiger partial charge in [0.15, 0.2) is 0 Å². The number of aryl methyl sites for hydroxylation is 2. The largest absolute Gasteiger partial charge is 0.369 e. The predicted octanol–water partition coefficient (Wildman–Crippen LogP) is 4.59. The zero-order valence-electron chi connectivity index (χ0n) is 21.7. The van der Waals surface area contributed by atoms with Gasteiger partial charge in [0, 0.05) is 49.7 Å². The summed E-state index contributed by atoms with van der Waals surface area (Å²) in [6.45, 7) is 8.06. The molecule has 2 aliphatic rings. The van der Waals surface area contributed by atoms with Gasteiger partial charge in [-0.3, -0.25) is 14.6 Å². The number of nitrogens with zero attached hydrogens (tertiary/aromatic N) is 3. The maximum absolute atomic E-state index is 13.9. The van der Waals surface area contributed by atoms with Crippen molar-refractivity contribution >= 4 is 34.1 Å². The van der Waals surface area contributed by atoms with Crippen molar-refractivity contribution in [2.45, 2.75) is 58.0 Å². The lowest BCUT2D eigenvalue weighted by atomic mass is 10.0. The summed E-state index contributed by atoms with van der Waals surface area (Å²) in [6, 6.07) is 6.23. The molecule has 1 saturated heterocycles. The molecule has 1 saturated carbocycles. The van der Waals surface area contributed by atoms with Gasteiger partial charge in [0.2, 0.25) is 0 Å². The molecule has 0 unspecified atom stereocenters. The van der Waals surface area contributed by atoms with Gasteiger partial charge >= 0.3 is 0 Å². The predicted molar refractivity (Wildman–Crippen MR) is 145 cm³/mol. The van der Waals surface area contributed by atoms with Crippen molar-refractivity contribution in [2.24, 2.45) is 7.05 Å². The Morgan fingerprint density at radius 2 is 2.00 bits per heavy atom. The molecule has 5 rings (SSSR count). The van der Waals surface area contributed by atoms with E-state index in [1.807, 2.05) is 13.0 Å². The Morgan fingerprint density at radius 3 is 2.70 bits per heavy atom. The molecule has 0 bridgehead atoms. The topological polar surface area (TPSA) is 79.3 Å². The lowest BCUT2D eigenvalue weighted by Crippen LogP contribution is -2.39. The van der Waals surface area contributed by atoms with Crippen molar-refractivity contribution in [2.75, 3.05) is 24.5 Å². The van der Waals surface area contributed by atoms with Crippen molar-refractivity contribution < 1.29 is 9.18 Å². The molecule has 3 heterocycles. The summed E-state index contributed by atoms with van der Waals surface area (Å²) >= 11 is 5.98. The molecular weight excluding hydrogens is 493 g/mol. The second-order valence-electron chi connectivity index (χ2n) is 10.4. The first kappa shape index (κ1) is 25.7. The number of halogens is 2. The van der Waals surface area contributed by atoms with Crippen LogP contribution in [0.15, 0.2) is 29.1 Å². The summed E-state index contributed by atoms with van der Waals surface area (Å²) in [5.74, 6) is -0.637. The second kappa shape index (κ2) is 10.1. The van der Waals surface area contributed by atoms with Crippen molar-refractivity contribution in [1.29, 1.82) is 0 Å². The number of rotatable bonds is 5. The van der Waals surface area contributed by atoms with Crippen molar-refractivity contribution in [1.82, 2.24) is 20.2 Å². The third-order valence-electron chi connectivity index (χ3n) is 7.50. The van der Waals surface area contributed by atoms with Gasteiger partial charge in [-0.15, -0.1) is 0 Å². The van der Waals surface area contributed by atoms with Gasteiger partial charge in [-0.05, 0) is 63.8 Å².